The number of anilines is 2. The van der Waals surface area contributed by atoms with Crippen molar-refractivity contribution in [1.82, 2.24) is 4.98 Å². The van der Waals surface area contributed by atoms with Gasteiger partial charge in [-0.25, -0.2) is 4.98 Å². The minimum Gasteiger partial charge on any atom is -0.370 e. The highest BCUT2D eigenvalue weighted by molar-refractivity contribution is 6.34. The van der Waals surface area contributed by atoms with Crippen LogP contribution in [0.15, 0.2) is 36.4 Å². The zero-order chi connectivity index (χ0) is 14.5. The third-order valence-corrected chi connectivity index (χ3v) is 3.00. The molecule has 104 valence electrons. The number of halogens is 1. The Bertz CT molecular complexity index is 628. The summed E-state index contributed by atoms with van der Waals surface area (Å²) < 4.78 is 0. The van der Waals surface area contributed by atoms with Gasteiger partial charge in [-0.05, 0) is 43.7 Å². The van der Waals surface area contributed by atoms with E-state index in [1.807, 2.05) is 38.1 Å². The predicted molar refractivity (Wildman–Crippen MR) is 82.5 cm³/mol. The van der Waals surface area contributed by atoms with Gasteiger partial charge in [0.1, 0.15) is 11.5 Å². The number of carbonyl (C=O) groups is 1. The molecule has 5 heteroatoms. The van der Waals surface area contributed by atoms with Crippen molar-refractivity contribution in [3.8, 4) is 0 Å². The third kappa shape index (κ3) is 3.48. The first-order valence-corrected chi connectivity index (χ1v) is 6.76. The van der Waals surface area contributed by atoms with Crippen LogP contribution in [0.2, 0.25) is 5.02 Å². The van der Waals surface area contributed by atoms with Gasteiger partial charge in [0.15, 0.2) is 0 Å². The van der Waals surface area contributed by atoms with Gasteiger partial charge < -0.3 is 10.6 Å². The monoisotopic (exact) mass is 289 g/mol. The lowest BCUT2D eigenvalue weighted by atomic mass is 10.2. The standard InChI is InChI=1S/C15H16ClN3O/c1-3-17-13-8-7-12(16)14(19-13)15(20)18-11-6-4-5-10(2)9-11/h4-9H,3H2,1-2H3,(H,17,19)(H,18,20). The molecule has 4 nitrogen and oxygen atoms in total. The molecule has 1 aromatic carbocycles. The molecule has 0 aliphatic carbocycles. The molecule has 0 saturated carbocycles. The molecule has 0 atom stereocenters. The Labute approximate surface area is 123 Å². The van der Waals surface area contributed by atoms with Crippen molar-refractivity contribution in [3.63, 3.8) is 0 Å². The summed E-state index contributed by atoms with van der Waals surface area (Å²) in [6.45, 7) is 4.66. The molecule has 0 radical (unpaired) electrons. The smallest absolute Gasteiger partial charge is 0.275 e. The van der Waals surface area contributed by atoms with Crippen molar-refractivity contribution >= 4 is 29.0 Å². The van der Waals surface area contributed by atoms with E-state index in [-0.39, 0.29) is 11.6 Å². The highest BCUT2D eigenvalue weighted by Crippen LogP contribution is 2.18. The lowest BCUT2D eigenvalue weighted by Crippen LogP contribution is -2.15. The van der Waals surface area contributed by atoms with E-state index in [9.17, 15) is 4.79 Å². The number of pyridine rings is 1. The summed E-state index contributed by atoms with van der Waals surface area (Å²) in [4.78, 5) is 16.4. The predicted octanol–water partition coefficient (Wildman–Crippen LogP) is 3.73. The van der Waals surface area contributed by atoms with Gasteiger partial charge in [-0.15, -0.1) is 0 Å². The minimum atomic E-state index is -0.319. The summed E-state index contributed by atoms with van der Waals surface area (Å²) in [5.74, 6) is 0.312. The Morgan fingerprint density at radius 3 is 2.80 bits per heavy atom. The fourth-order valence-electron chi connectivity index (χ4n) is 1.79. The van der Waals surface area contributed by atoms with Crippen molar-refractivity contribution in [2.24, 2.45) is 0 Å². The molecule has 2 aromatic rings. The molecule has 2 rings (SSSR count). The molecule has 0 bridgehead atoms. The van der Waals surface area contributed by atoms with Gasteiger partial charge in [0.05, 0.1) is 5.02 Å². The van der Waals surface area contributed by atoms with Crippen LogP contribution in [0, 0.1) is 6.92 Å². The van der Waals surface area contributed by atoms with E-state index in [2.05, 4.69) is 15.6 Å². The number of nitrogens with one attached hydrogen (secondary N) is 2. The van der Waals surface area contributed by atoms with Crippen LogP contribution in [-0.4, -0.2) is 17.4 Å². The molecule has 0 fully saturated rings. The van der Waals surface area contributed by atoms with E-state index in [1.165, 1.54) is 0 Å². The van der Waals surface area contributed by atoms with Crippen LogP contribution < -0.4 is 10.6 Å². The largest absolute Gasteiger partial charge is 0.370 e. The zero-order valence-corrected chi connectivity index (χ0v) is 12.2. The number of nitrogens with zero attached hydrogens (tertiary/aromatic N) is 1. The van der Waals surface area contributed by atoms with Crippen LogP contribution in [0.1, 0.15) is 23.0 Å². The molecular formula is C15H16ClN3O. The molecule has 1 aromatic heterocycles. The second-order valence-electron chi connectivity index (χ2n) is 4.38. The number of amides is 1. The number of hydrogen-bond donors (Lipinski definition) is 2. The number of aryl methyl sites for hydroxylation is 1. The average molecular weight is 290 g/mol. The maximum absolute atomic E-state index is 12.2. The van der Waals surface area contributed by atoms with E-state index in [0.29, 0.717) is 10.8 Å². The SMILES string of the molecule is CCNc1ccc(Cl)c(C(=O)Nc2cccc(C)c2)n1. The second-order valence-corrected chi connectivity index (χ2v) is 4.79. The Hall–Kier alpha value is -2.07. The van der Waals surface area contributed by atoms with Gasteiger partial charge >= 0.3 is 0 Å². The molecule has 0 unspecified atom stereocenters. The van der Waals surface area contributed by atoms with Gasteiger partial charge in [0, 0.05) is 12.2 Å². The van der Waals surface area contributed by atoms with E-state index in [4.69, 9.17) is 11.6 Å². The topological polar surface area (TPSA) is 54.0 Å². The lowest BCUT2D eigenvalue weighted by molar-refractivity contribution is 0.102. The first-order chi connectivity index (χ1) is 9.60. The van der Waals surface area contributed by atoms with Crippen molar-refractivity contribution in [2.45, 2.75) is 13.8 Å². The molecule has 2 N–H and O–H groups in total. The average Bonchev–Trinajstić information content (AvgIpc) is 2.41. The van der Waals surface area contributed by atoms with Crippen LogP contribution in [-0.2, 0) is 0 Å². The normalized spacial score (nSPS) is 10.2. The molecule has 0 spiro atoms. The van der Waals surface area contributed by atoms with Crippen molar-refractivity contribution in [1.29, 1.82) is 0 Å². The van der Waals surface area contributed by atoms with E-state index >= 15 is 0 Å². The van der Waals surface area contributed by atoms with Gasteiger partial charge in [0.25, 0.3) is 5.91 Å². The summed E-state index contributed by atoms with van der Waals surface area (Å²) in [6, 6.07) is 11.0. The Kier molecular flexibility index (Phi) is 4.58. The molecule has 0 saturated heterocycles. The fourth-order valence-corrected chi connectivity index (χ4v) is 1.99. The summed E-state index contributed by atoms with van der Waals surface area (Å²) in [5, 5.41) is 6.18. The van der Waals surface area contributed by atoms with Crippen LogP contribution in [0.3, 0.4) is 0 Å². The highest BCUT2D eigenvalue weighted by atomic mass is 35.5. The summed E-state index contributed by atoms with van der Waals surface area (Å²) in [6.07, 6.45) is 0. The number of carbonyl (C=O) groups excluding carboxylic acids is 1. The number of rotatable bonds is 4. The van der Waals surface area contributed by atoms with Gasteiger partial charge in [-0.1, -0.05) is 23.7 Å². The Morgan fingerprint density at radius 1 is 1.30 bits per heavy atom. The van der Waals surface area contributed by atoms with Gasteiger partial charge in [0.2, 0.25) is 0 Å². The minimum absolute atomic E-state index is 0.214. The molecule has 0 aliphatic heterocycles. The number of benzene rings is 1. The maximum atomic E-state index is 12.2. The van der Waals surface area contributed by atoms with Crippen molar-refractivity contribution in [2.75, 3.05) is 17.2 Å². The van der Waals surface area contributed by atoms with Crippen molar-refractivity contribution in [3.05, 3.63) is 52.7 Å². The molecule has 0 aliphatic rings. The lowest BCUT2D eigenvalue weighted by Gasteiger charge is -2.09. The third-order valence-electron chi connectivity index (χ3n) is 2.69. The molecular weight excluding hydrogens is 274 g/mol. The first-order valence-electron chi connectivity index (χ1n) is 6.38. The van der Waals surface area contributed by atoms with Crippen LogP contribution in [0.4, 0.5) is 11.5 Å². The molecule has 20 heavy (non-hydrogen) atoms. The quantitative estimate of drug-likeness (QED) is 0.902. The first kappa shape index (κ1) is 14.3. The summed E-state index contributed by atoms with van der Waals surface area (Å²) >= 11 is 6.04. The molecule has 1 heterocycles. The van der Waals surface area contributed by atoms with Crippen LogP contribution in [0.25, 0.3) is 0 Å². The Balaban J connectivity index is 2.22. The zero-order valence-electron chi connectivity index (χ0n) is 11.4. The fraction of sp³-hybridized carbons (Fsp3) is 0.200. The van der Waals surface area contributed by atoms with Gasteiger partial charge in [-0.3, -0.25) is 4.79 Å². The Morgan fingerprint density at radius 2 is 2.10 bits per heavy atom. The van der Waals surface area contributed by atoms with Crippen molar-refractivity contribution < 1.29 is 4.79 Å². The number of aromatic nitrogens is 1. The van der Waals surface area contributed by atoms with E-state index < -0.39 is 0 Å². The second kappa shape index (κ2) is 6.39. The molecule has 1 amide bonds. The number of hydrogen-bond acceptors (Lipinski definition) is 3. The van der Waals surface area contributed by atoms with Gasteiger partial charge in [-0.2, -0.15) is 0 Å². The summed E-state index contributed by atoms with van der Waals surface area (Å²) in [5.41, 5.74) is 2.01. The summed E-state index contributed by atoms with van der Waals surface area (Å²) in [7, 11) is 0. The maximum Gasteiger partial charge on any atom is 0.275 e. The van der Waals surface area contributed by atoms with E-state index in [0.717, 1.165) is 17.8 Å². The highest BCUT2D eigenvalue weighted by Gasteiger charge is 2.13. The van der Waals surface area contributed by atoms with Crippen LogP contribution in [0.5, 0.6) is 0 Å². The van der Waals surface area contributed by atoms with Crippen LogP contribution >= 0.6 is 11.6 Å². The van der Waals surface area contributed by atoms with E-state index in [1.54, 1.807) is 12.1 Å².